The quantitative estimate of drug-likeness (QED) is 0.782. The van der Waals surface area contributed by atoms with Crippen LogP contribution in [0.4, 0.5) is 0 Å². The van der Waals surface area contributed by atoms with Crippen molar-refractivity contribution in [2.45, 2.75) is 19.8 Å². The number of ether oxygens (including phenoxy) is 1. The van der Waals surface area contributed by atoms with Crippen LogP contribution in [-0.2, 0) is 12.8 Å². The Kier molecular flexibility index (Phi) is 4.14. The minimum absolute atomic E-state index is 0.717. The predicted octanol–water partition coefficient (Wildman–Crippen LogP) is 3.27. The van der Waals surface area contributed by atoms with E-state index in [-0.39, 0.29) is 0 Å². The Balaban J connectivity index is 1.91. The highest BCUT2D eigenvalue weighted by Crippen LogP contribution is 2.13. The van der Waals surface area contributed by atoms with Crippen molar-refractivity contribution < 1.29 is 4.74 Å². The molecule has 1 aromatic heterocycles. The van der Waals surface area contributed by atoms with E-state index in [0.717, 1.165) is 25.2 Å². The van der Waals surface area contributed by atoms with Crippen LogP contribution in [0, 0.1) is 0 Å². The fourth-order valence-corrected chi connectivity index (χ4v) is 1.75. The average molecular weight is 227 g/mol. The molecule has 2 heteroatoms. The van der Waals surface area contributed by atoms with E-state index in [2.05, 4.69) is 23.2 Å². The maximum absolute atomic E-state index is 5.41. The van der Waals surface area contributed by atoms with Crippen molar-refractivity contribution in [1.29, 1.82) is 0 Å². The number of benzene rings is 1. The number of pyridine rings is 1. The summed E-state index contributed by atoms with van der Waals surface area (Å²) < 4.78 is 5.41. The van der Waals surface area contributed by atoms with Crippen molar-refractivity contribution in [3.63, 3.8) is 0 Å². The average Bonchev–Trinajstić information content (AvgIpc) is 2.40. The molecule has 0 amide bonds. The van der Waals surface area contributed by atoms with Gasteiger partial charge in [0.05, 0.1) is 6.61 Å². The normalized spacial score (nSPS) is 10.2. The van der Waals surface area contributed by atoms with E-state index in [1.54, 1.807) is 6.20 Å². The largest absolute Gasteiger partial charge is 0.494 e. The molecule has 0 fully saturated rings. The molecule has 0 saturated heterocycles. The summed E-state index contributed by atoms with van der Waals surface area (Å²) in [5.74, 6) is 0.942. The Morgan fingerprint density at radius 3 is 2.41 bits per heavy atom. The number of hydrogen-bond donors (Lipinski definition) is 0. The monoisotopic (exact) mass is 227 g/mol. The van der Waals surface area contributed by atoms with Gasteiger partial charge >= 0.3 is 0 Å². The molecule has 2 nitrogen and oxygen atoms in total. The zero-order valence-electron chi connectivity index (χ0n) is 10.1. The van der Waals surface area contributed by atoms with Crippen LogP contribution in [0.2, 0.25) is 0 Å². The fourth-order valence-electron chi connectivity index (χ4n) is 1.75. The van der Waals surface area contributed by atoms with E-state index in [1.165, 1.54) is 11.1 Å². The summed E-state index contributed by atoms with van der Waals surface area (Å²) in [5.41, 5.74) is 2.61. The lowest BCUT2D eigenvalue weighted by Crippen LogP contribution is -1.94. The van der Waals surface area contributed by atoms with Gasteiger partial charge in [0.1, 0.15) is 5.75 Å². The second-order valence-electron chi connectivity index (χ2n) is 3.94. The first-order valence-corrected chi connectivity index (χ1v) is 5.99. The smallest absolute Gasteiger partial charge is 0.119 e. The van der Waals surface area contributed by atoms with Crippen LogP contribution < -0.4 is 4.74 Å². The lowest BCUT2D eigenvalue weighted by Gasteiger charge is -2.05. The minimum Gasteiger partial charge on any atom is -0.494 e. The summed E-state index contributed by atoms with van der Waals surface area (Å²) in [6.07, 6.45) is 5.80. The van der Waals surface area contributed by atoms with Gasteiger partial charge in [0, 0.05) is 12.4 Å². The van der Waals surface area contributed by atoms with Gasteiger partial charge in [-0.3, -0.25) is 4.98 Å². The van der Waals surface area contributed by atoms with Gasteiger partial charge in [-0.1, -0.05) is 18.2 Å². The minimum atomic E-state index is 0.717. The summed E-state index contributed by atoms with van der Waals surface area (Å²) >= 11 is 0. The Hall–Kier alpha value is -1.83. The standard InChI is InChI=1S/C15H17NO/c1-2-17-15-9-7-13(8-10-15)5-6-14-4-3-11-16-12-14/h3-4,7-12H,2,5-6H2,1H3. The van der Waals surface area contributed by atoms with Crippen LogP contribution in [0.15, 0.2) is 48.8 Å². The first-order chi connectivity index (χ1) is 8.38. The zero-order chi connectivity index (χ0) is 11.9. The van der Waals surface area contributed by atoms with Gasteiger partial charge in [-0.25, -0.2) is 0 Å². The van der Waals surface area contributed by atoms with Crippen molar-refractivity contribution in [3.8, 4) is 5.75 Å². The number of aryl methyl sites for hydroxylation is 2. The van der Waals surface area contributed by atoms with Gasteiger partial charge in [0.2, 0.25) is 0 Å². The van der Waals surface area contributed by atoms with Crippen molar-refractivity contribution in [2.24, 2.45) is 0 Å². The molecule has 0 radical (unpaired) electrons. The molecule has 0 aliphatic carbocycles. The van der Waals surface area contributed by atoms with Gasteiger partial charge in [0.15, 0.2) is 0 Å². The van der Waals surface area contributed by atoms with Gasteiger partial charge in [-0.15, -0.1) is 0 Å². The van der Waals surface area contributed by atoms with Crippen LogP contribution in [0.25, 0.3) is 0 Å². The molecule has 1 aromatic carbocycles. The number of hydrogen-bond acceptors (Lipinski definition) is 2. The summed E-state index contributed by atoms with van der Waals surface area (Å²) in [4.78, 5) is 4.12. The SMILES string of the molecule is CCOc1ccc(CCc2cccnc2)cc1. The highest BCUT2D eigenvalue weighted by Gasteiger charge is 1.97. The van der Waals surface area contributed by atoms with Gasteiger partial charge in [-0.2, -0.15) is 0 Å². The predicted molar refractivity (Wildman–Crippen MR) is 69.3 cm³/mol. The Labute approximate surface area is 102 Å². The zero-order valence-corrected chi connectivity index (χ0v) is 10.1. The molecule has 0 unspecified atom stereocenters. The van der Waals surface area contributed by atoms with Crippen molar-refractivity contribution >= 4 is 0 Å². The molecule has 0 spiro atoms. The molecule has 0 saturated carbocycles. The second kappa shape index (κ2) is 6.04. The van der Waals surface area contributed by atoms with Crippen molar-refractivity contribution in [1.82, 2.24) is 4.98 Å². The third-order valence-electron chi connectivity index (χ3n) is 2.66. The molecule has 0 aliphatic heterocycles. The third kappa shape index (κ3) is 3.59. The highest BCUT2D eigenvalue weighted by molar-refractivity contribution is 5.28. The lowest BCUT2D eigenvalue weighted by atomic mass is 10.1. The van der Waals surface area contributed by atoms with E-state index >= 15 is 0 Å². The topological polar surface area (TPSA) is 22.1 Å². The molecule has 0 atom stereocenters. The summed E-state index contributed by atoms with van der Waals surface area (Å²) in [6.45, 7) is 2.71. The summed E-state index contributed by atoms with van der Waals surface area (Å²) in [7, 11) is 0. The maximum Gasteiger partial charge on any atom is 0.119 e. The van der Waals surface area contributed by atoms with Gasteiger partial charge < -0.3 is 4.74 Å². The van der Waals surface area contributed by atoms with Crippen molar-refractivity contribution in [3.05, 3.63) is 59.9 Å². The van der Waals surface area contributed by atoms with Crippen LogP contribution in [0.3, 0.4) is 0 Å². The Bertz CT molecular complexity index is 436. The van der Waals surface area contributed by atoms with E-state index in [4.69, 9.17) is 4.74 Å². The molecule has 17 heavy (non-hydrogen) atoms. The molecule has 0 bridgehead atoms. The van der Waals surface area contributed by atoms with Crippen LogP contribution in [-0.4, -0.2) is 11.6 Å². The first kappa shape index (κ1) is 11.6. The number of aromatic nitrogens is 1. The Morgan fingerprint density at radius 2 is 1.76 bits per heavy atom. The summed E-state index contributed by atoms with van der Waals surface area (Å²) in [5, 5.41) is 0. The molecule has 0 aliphatic rings. The lowest BCUT2D eigenvalue weighted by molar-refractivity contribution is 0.340. The second-order valence-corrected chi connectivity index (χ2v) is 3.94. The molecule has 0 N–H and O–H groups in total. The van der Waals surface area contributed by atoms with E-state index < -0.39 is 0 Å². The van der Waals surface area contributed by atoms with E-state index in [9.17, 15) is 0 Å². The van der Waals surface area contributed by atoms with Crippen LogP contribution in [0.5, 0.6) is 5.75 Å². The first-order valence-electron chi connectivity index (χ1n) is 5.99. The van der Waals surface area contributed by atoms with Gasteiger partial charge in [-0.05, 0) is 49.1 Å². The fraction of sp³-hybridized carbons (Fsp3) is 0.267. The van der Waals surface area contributed by atoms with Crippen LogP contribution >= 0.6 is 0 Å². The Morgan fingerprint density at radius 1 is 1.00 bits per heavy atom. The van der Waals surface area contributed by atoms with Gasteiger partial charge in [0.25, 0.3) is 0 Å². The van der Waals surface area contributed by atoms with Crippen molar-refractivity contribution in [2.75, 3.05) is 6.61 Å². The molecule has 1 heterocycles. The molecule has 2 rings (SSSR count). The molecule has 88 valence electrons. The number of nitrogens with zero attached hydrogens (tertiary/aromatic N) is 1. The summed E-state index contributed by atoms with van der Waals surface area (Å²) in [6, 6.07) is 12.4. The molecule has 2 aromatic rings. The third-order valence-corrected chi connectivity index (χ3v) is 2.66. The molecular weight excluding hydrogens is 210 g/mol. The molecular formula is C15H17NO. The highest BCUT2D eigenvalue weighted by atomic mass is 16.5. The van der Waals surface area contributed by atoms with Crippen LogP contribution in [0.1, 0.15) is 18.1 Å². The maximum atomic E-state index is 5.41. The van der Waals surface area contributed by atoms with E-state index in [1.807, 2.05) is 31.3 Å². The number of rotatable bonds is 5. The van der Waals surface area contributed by atoms with E-state index in [0.29, 0.717) is 0 Å².